The maximum atomic E-state index is 12.0. The van der Waals surface area contributed by atoms with E-state index in [4.69, 9.17) is 10.3 Å². The monoisotopic (exact) mass is 288 g/mol. The van der Waals surface area contributed by atoms with Crippen molar-refractivity contribution in [2.24, 2.45) is 5.11 Å². The number of carbonyl (C=O) groups is 1. The van der Waals surface area contributed by atoms with Crippen LogP contribution in [0, 0.1) is 0 Å². The van der Waals surface area contributed by atoms with E-state index in [9.17, 15) is 9.00 Å². The maximum absolute atomic E-state index is 12.0. The quantitative estimate of drug-likeness (QED) is 0.369. The van der Waals surface area contributed by atoms with Crippen molar-refractivity contribution in [1.82, 2.24) is 4.72 Å². The van der Waals surface area contributed by atoms with Crippen molar-refractivity contribution < 1.29 is 13.7 Å². The Bertz CT molecular complexity index is 415. The second-order valence-electron chi connectivity index (χ2n) is 5.56. The van der Waals surface area contributed by atoms with Gasteiger partial charge in [0, 0.05) is 4.91 Å². The van der Waals surface area contributed by atoms with Crippen LogP contribution >= 0.6 is 0 Å². The molecule has 1 fully saturated rings. The molecule has 1 N–H and O–H groups in total. The van der Waals surface area contributed by atoms with Gasteiger partial charge in [0.1, 0.15) is 12.1 Å². The zero-order valence-corrected chi connectivity index (χ0v) is 12.4. The molecule has 1 aliphatic heterocycles. The first-order valence-electron chi connectivity index (χ1n) is 6.18. The number of esters is 1. The molecule has 0 aromatic carbocycles. The van der Waals surface area contributed by atoms with Crippen LogP contribution in [0.15, 0.2) is 5.11 Å². The number of carbonyl (C=O) groups excluding carboxylic acids is 1. The van der Waals surface area contributed by atoms with Gasteiger partial charge in [0.05, 0.1) is 21.8 Å². The second-order valence-corrected chi connectivity index (χ2v) is 7.56. The van der Waals surface area contributed by atoms with Gasteiger partial charge >= 0.3 is 5.97 Å². The average molecular weight is 288 g/mol. The van der Waals surface area contributed by atoms with E-state index >= 15 is 0 Å². The summed E-state index contributed by atoms with van der Waals surface area (Å²) >= 11 is 0. The van der Waals surface area contributed by atoms with E-state index in [2.05, 4.69) is 14.7 Å². The summed E-state index contributed by atoms with van der Waals surface area (Å²) in [6.45, 7) is 7.43. The molecule has 0 aliphatic carbocycles. The van der Waals surface area contributed by atoms with E-state index in [-0.39, 0.29) is 16.9 Å². The predicted molar refractivity (Wildman–Crippen MR) is 72.5 cm³/mol. The van der Waals surface area contributed by atoms with Gasteiger partial charge < -0.3 is 4.74 Å². The molecule has 0 radical (unpaired) electrons. The number of hydrogen-bond donors (Lipinski definition) is 1. The molecular formula is C11H20N4O3S. The Hall–Kier alpha value is -1.11. The number of hydrogen-bond acceptors (Lipinski definition) is 4. The van der Waals surface area contributed by atoms with Crippen LogP contribution in [0.4, 0.5) is 0 Å². The van der Waals surface area contributed by atoms with Crippen LogP contribution in [0.1, 0.15) is 40.5 Å². The molecule has 1 rings (SSSR count). The van der Waals surface area contributed by atoms with Crippen molar-refractivity contribution >= 4 is 17.0 Å². The van der Waals surface area contributed by atoms with Gasteiger partial charge in [0.25, 0.3) is 0 Å². The number of ether oxygens (including phenoxy) is 1. The van der Waals surface area contributed by atoms with Crippen molar-refractivity contribution in [2.75, 3.05) is 0 Å². The fourth-order valence-corrected chi connectivity index (χ4v) is 2.51. The molecule has 4 atom stereocenters. The number of nitrogens with one attached hydrogen (secondary N) is 1. The summed E-state index contributed by atoms with van der Waals surface area (Å²) < 4.78 is 19.8. The Morgan fingerprint density at radius 2 is 2.16 bits per heavy atom. The van der Waals surface area contributed by atoms with Crippen LogP contribution in [-0.2, 0) is 20.5 Å². The summed E-state index contributed by atoms with van der Waals surface area (Å²) in [6, 6.07) is -0.947. The fourth-order valence-electron chi connectivity index (χ4n) is 1.67. The lowest BCUT2D eigenvalue weighted by Gasteiger charge is -2.31. The minimum absolute atomic E-state index is 0.212. The van der Waals surface area contributed by atoms with E-state index in [1.54, 1.807) is 0 Å². The minimum atomic E-state index is -1.22. The number of rotatable bonds is 4. The predicted octanol–water partition coefficient (Wildman–Crippen LogP) is 1.81. The minimum Gasteiger partial charge on any atom is -0.460 e. The molecule has 4 unspecified atom stereocenters. The highest BCUT2D eigenvalue weighted by Crippen LogP contribution is 2.21. The first-order chi connectivity index (χ1) is 8.75. The number of azide groups is 1. The molecular weight excluding hydrogens is 268 g/mol. The summed E-state index contributed by atoms with van der Waals surface area (Å²) in [7, 11) is -1.22. The highest BCUT2D eigenvalue weighted by Gasteiger charge is 2.34. The maximum Gasteiger partial charge on any atom is 0.315 e. The van der Waals surface area contributed by atoms with E-state index in [1.807, 2.05) is 27.7 Å². The number of cyclic esters (lactones) is 1. The van der Waals surface area contributed by atoms with E-state index in [1.165, 1.54) is 0 Å². The van der Waals surface area contributed by atoms with Gasteiger partial charge in [-0.05, 0) is 46.1 Å². The fraction of sp³-hybridized carbons (Fsp3) is 0.909. The van der Waals surface area contributed by atoms with Crippen molar-refractivity contribution in [2.45, 2.75) is 63.5 Å². The summed E-state index contributed by atoms with van der Waals surface area (Å²) in [5.41, 5.74) is 8.32. The molecule has 0 spiro atoms. The third-order valence-corrected chi connectivity index (χ3v) is 4.56. The molecule has 0 aromatic rings. The van der Waals surface area contributed by atoms with Crippen LogP contribution in [-0.4, -0.2) is 33.1 Å². The normalized spacial score (nSPS) is 27.1. The van der Waals surface area contributed by atoms with E-state index in [0.29, 0.717) is 12.8 Å². The smallest absolute Gasteiger partial charge is 0.315 e. The topological polar surface area (TPSA) is 104 Å². The molecule has 0 amide bonds. The van der Waals surface area contributed by atoms with Crippen LogP contribution in [0.3, 0.4) is 0 Å². The molecule has 19 heavy (non-hydrogen) atoms. The van der Waals surface area contributed by atoms with Gasteiger partial charge in [-0.15, -0.1) is 0 Å². The first-order valence-corrected chi connectivity index (χ1v) is 7.33. The Labute approximate surface area is 115 Å². The van der Waals surface area contributed by atoms with Crippen molar-refractivity contribution in [1.29, 1.82) is 0 Å². The lowest BCUT2D eigenvalue weighted by Crippen LogP contribution is -2.48. The third-order valence-electron chi connectivity index (χ3n) is 2.86. The van der Waals surface area contributed by atoms with Crippen LogP contribution < -0.4 is 4.72 Å². The largest absolute Gasteiger partial charge is 0.460 e. The SMILES string of the molecule is CC(NS(=O)C(C)(C)C)C1CCC(N=[N+]=[N-])C(=O)O1. The van der Waals surface area contributed by atoms with Crippen molar-refractivity contribution in [3.8, 4) is 0 Å². The standard InChI is InChI=1S/C11H20N4O3S/c1-7(14-19(17)11(2,3)4)9-6-5-8(13-15-12)10(16)18-9/h7-9,14H,5-6H2,1-4H3. The highest BCUT2D eigenvalue weighted by molar-refractivity contribution is 7.84. The van der Waals surface area contributed by atoms with Gasteiger partial charge in [-0.3, -0.25) is 4.79 Å². The lowest BCUT2D eigenvalue weighted by molar-refractivity contribution is -0.156. The van der Waals surface area contributed by atoms with Gasteiger partial charge in [0.15, 0.2) is 0 Å². The summed E-state index contributed by atoms with van der Waals surface area (Å²) in [5.74, 6) is -0.510. The van der Waals surface area contributed by atoms with Gasteiger partial charge in [0.2, 0.25) is 0 Å². The number of nitrogens with zero attached hydrogens (tertiary/aromatic N) is 3. The molecule has 108 valence electrons. The zero-order valence-electron chi connectivity index (χ0n) is 11.6. The van der Waals surface area contributed by atoms with Gasteiger partial charge in [-0.2, -0.15) is 0 Å². The summed E-state index contributed by atoms with van der Waals surface area (Å²) in [5, 5.41) is 3.38. The Balaban J connectivity index is 2.57. The van der Waals surface area contributed by atoms with Crippen molar-refractivity contribution in [3.05, 3.63) is 10.4 Å². The Kier molecular flexibility index (Phi) is 5.34. The van der Waals surface area contributed by atoms with Crippen molar-refractivity contribution in [3.63, 3.8) is 0 Å². The summed E-state index contributed by atoms with van der Waals surface area (Å²) in [4.78, 5) is 14.2. The first kappa shape index (κ1) is 15.9. The summed E-state index contributed by atoms with van der Waals surface area (Å²) in [6.07, 6.45) is 0.705. The lowest BCUT2D eigenvalue weighted by atomic mass is 10.0. The van der Waals surface area contributed by atoms with Gasteiger partial charge in [-0.1, -0.05) is 5.11 Å². The molecule has 0 saturated carbocycles. The molecule has 0 aromatic heterocycles. The zero-order chi connectivity index (χ0) is 14.6. The molecule has 1 aliphatic rings. The van der Waals surface area contributed by atoms with E-state index in [0.717, 1.165) is 0 Å². The molecule has 7 nitrogen and oxygen atoms in total. The molecule has 1 heterocycles. The van der Waals surface area contributed by atoms with Gasteiger partial charge in [-0.25, -0.2) is 8.93 Å². The Morgan fingerprint density at radius 3 is 2.63 bits per heavy atom. The third kappa shape index (κ3) is 4.49. The van der Waals surface area contributed by atoms with Crippen LogP contribution in [0.2, 0.25) is 0 Å². The highest BCUT2D eigenvalue weighted by atomic mass is 32.2. The molecule has 8 heteroatoms. The van der Waals surface area contributed by atoms with E-state index < -0.39 is 23.0 Å². The second kappa shape index (κ2) is 6.36. The molecule has 1 saturated heterocycles. The van der Waals surface area contributed by atoms with Crippen LogP contribution in [0.5, 0.6) is 0 Å². The van der Waals surface area contributed by atoms with Crippen LogP contribution in [0.25, 0.3) is 10.4 Å². The average Bonchev–Trinajstić information content (AvgIpc) is 2.30. The Morgan fingerprint density at radius 1 is 1.53 bits per heavy atom. The molecule has 0 bridgehead atoms.